The predicted octanol–water partition coefficient (Wildman–Crippen LogP) is 6.54. The van der Waals surface area contributed by atoms with Gasteiger partial charge in [-0.05, 0) is 31.9 Å². The molecule has 2 amide bonds. The van der Waals surface area contributed by atoms with Crippen LogP contribution in [0.15, 0.2) is 30.5 Å². The first-order valence-corrected chi connectivity index (χ1v) is 14.5. The molecule has 4 aromatic rings. The second-order valence-electron chi connectivity index (χ2n) is 9.62. The van der Waals surface area contributed by atoms with Gasteiger partial charge in [-0.2, -0.15) is 0 Å². The van der Waals surface area contributed by atoms with E-state index in [1.807, 2.05) is 39.0 Å². The number of urea groups is 1. The zero-order chi connectivity index (χ0) is 28.4. The molecule has 1 saturated heterocycles. The summed E-state index contributed by atoms with van der Waals surface area (Å²) in [4.78, 5) is 29.0. The van der Waals surface area contributed by atoms with Crippen LogP contribution >= 0.6 is 11.3 Å². The van der Waals surface area contributed by atoms with Crippen molar-refractivity contribution in [3.05, 3.63) is 52.6 Å². The molecule has 5 heterocycles. The van der Waals surface area contributed by atoms with Crippen LogP contribution in [0.4, 0.5) is 13.6 Å². The predicted molar refractivity (Wildman–Crippen MR) is 153 cm³/mol. The van der Waals surface area contributed by atoms with Gasteiger partial charge in [-0.1, -0.05) is 26.0 Å². The van der Waals surface area contributed by atoms with Crippen LogP contribution in [0.2, 0.25) is 0 Å². The minimum absolute atomic E-state index is 0.127. The molecule has 1 fully saturated rings. The van der Waals surface area contributed by atoms with E-state index in [4.69, 9.17) is 14.7 Å². The molecule has 0 saturated carbocycles. The van der Waals surface area contributed by atoms with Crippen LogP contribution in [0, 0.1) is 6.92 Å². The highest BCUT2D eigenvalue weighted by Crippen LogP contribution is 2.40. The summed E-state index contributed by atoms with van der Waals surface area (Å²) in [6, 6.07) is 7.02. The van der Waals surface area contributed by atoms with Crippen LogP contribution < -0.4 is 5.32 Å². The van der Waals surface area contributed by atoms with Crippen molar-refractivity contribution in [3.8, 4) is 21.8 Å². The summed E-state index contributed by atoms with van der Waals surface area (Å²) >= 11 is 1.35. The van der Waals surface area contributed by atoms with Crippen LogP contribution in [-0.2, 0) is 17.8 Å². The third kappa shape index (κ3) is 5.19. The van der Waals surface area contributed by atoms with E-state index in [1.54, 1.807) is 24.2 Å². The summed E-state index contributed by atoms with van der Waals surface area (Å²) in [6.07, 6.45) is 0.650. The number of ether oxygens (including phenoxy) is 1. The van der Waals surface area contributed by atoms with Gasteiger partial charge in [0.15, 0.2) is 0 Å². The monoisotopic (exact) mass is 568 g/mol. The Hall–Kier alpha value is -3.44. The van der Waals surface area contributed by atoms with Crippen molar-refractivity contribution in [2.45, 2.75) is 59.0 Å². The average Bonchev–Trinajstić information content (AvgIpc) is 3.60. The van der Waals surface area contributed by atoms with Gasteiger partial charge < -0.3 is 19.5 Å². The number of alkyl halides is 2. The molecule has 1 N–H and O–H groups in total. The van der Waals surface area contributed by atoms with Crippen LogP contribution in [-0.4, -0.2) is 57.3 Å². The molecule has 212 valence electrons. The normalized spacial score (nSPS) is 15.6. The second-order valence-corrected chi connectivity index (χ2v) is 10.9. The number of aryl methyl sites for hydroxylation is 1. The Balaban J connectivity index is 0.00000158. The first-order chi connectivity index (χ1) is 19.4. The molecule has 8 nitrogen and oxygen atoms in total. The Morgan fingerprint density at radius 1 is 1.15 bits per heavy atom. The standard InChI is InChI=1S/C27H28F2N6O2S.C2H6/c1-15-31-13-22(38-15)24-19(25(28)29)12-18-17(4-3-5-20(18)32-24)23-21-14-34(27(36)30-2)8-9-35(21)26(33-23)16-6-10-37-11-7-16;1-2/h3-5,12-13,16,25H,6-11,14H2,1-2H3,(H,30,36);1-2H3. The molecule has 0 aliphatic carbocycles. The van der Waals surface area contributed by atoms with Gasteiger partial charge in [-0.15, -0.1) is 11.3 Å². The molecule has 0 radical (unpaired) electrons. The zero-order valence-corrected chi connectivity index (χ0v) is 24.0. The van der Waals surface area contributed by atoms with Crippen LogP contribution in [0.1, 0.15) is 61.1 Å². The number of nitrogens with one attached hydrogen (secondary N) is 1. The minimum Gasteiger partial charge on any atom is -0.381 e. The van der Waals surface area contributed by atoms with Crippen LogP contribution in [0.5, 0.6) is 0 Å². The fourth-order valence-electron chi connectivity index (χ4n) is 5.46. The van der Waals surface area contributed by atoms with E-state index in [-0.39, 0.29) is 23.2 Å². The van der Waals surface area contributed by atoms with Gasteiger partial charge >= 0.3 is 6.03 Å². The van der Waals surface area contributed by atoms with Crippen molar-refractivity contribution < 1.29 is 18.3 Å². The van der Waals surface area contributed by atoms with E-state index < -0.39 is 6.43 Å². The van der Waals surface area contributed by atoms with Crippen molar-refractivity contribution in [1.29, 1.82) is 0 Å². The number of halogens is 2. The van der Waals surface area contributed by atoms with E-state index in [1.165, 1.54) is 11.3 Å². The third-order valence-corrected chi connectivity index (χ3v) is 8.28. The third-order valence-electron chi connectivity index (χ3n) is 7.36. The molecule has 0 unspecified atom stereocenters. The minimum atomic E-state index is -2.70. The van der Waals surface area contributed by atoms with Gasteiger partial charge in [0.05, 0.1) is 39.0 Å². The fourth-order valence-corrected chi connectivity index (χ4v) is 6.25. The van der Waals surface area contributed by atoms with Crippen molar-refractivity contribution in [1.82, 2.24) is 29.7 Å². The van der Waals surface area contributed by atoms with E-state index >= 15 is 0 Å². The van der Waals surface area contributed by atoms with E-state index in [9.17, 15) is 13.6 Å². The molecule has 0 bridgehead atoms. The Kier molecular flexibility index (Phi) is 8.41. The maximum Gasteiger partial charge on any atom is 0.317 e. The van der Waals surface area contributed by atoms with Crippen molar-refractivity contribution in [3.63, 3.8) is 0 Å². The number of amides is 2. The Morgan fingerprint density at radius 2 is 1.93 bits per heavy atom. The molecule has 0 spiro atoms. The summed E-state index contributed by atoms with van der Waals surface area (Å²) in [5.41, 5.74) is 3.11. The number of hydrogen-bond acceptors (Lipinski definition) is 6. The maximum absolute atomic E-state index is 14.3. The highest BCUT2D eigenvalue weighted by molar-refractivity contribution is 7.15. The number of aromatic nitrogens is 4. The molecule has 40 heavy (non-hydrogen) atoms. The first kappa shape index (κ1) is 28.1. The van der Waals surface area contributed by atoms with Crippen LogP contribution in [0.25, 0.3) is 32.7 Å². The molecule has 2 aliphatic heterocycles. The number of thiazole rings is 1. The van der Waals surface area contributed by atoms with Gasteiger partial charge in [0.25, 0.3) is 6.43 Å². The van der Waals surface area contributed by atoms with Gasteiger partial charge in [0, 0.05) is 62.0 Å². The Morgan fingerprint density at radius 3 is 2.60 bits per heavy atom. The largest absolute Gasteiger partial charge is 0.381 e. The fraction of sp³-hybridized carbons (Fsp3) is 0.448. The van der Waals surface area contributed by atoms with Crippen molar-refractivity contribution in [2.75, 3.05) is 26.8 Å². The number of carbonyl (C=O) groups excluding carboxylic acids is 1. The molecular weight excluding hydrogens is 534 g/mol. The number of carbonyl (C=O) groups is 1. The summed E-state index contributed by atoms with van der Waals surface area (Å²) in [5, 5.41) is 4.12. The van der Waals surface area contributed by atoms with Gasteiger partial charge in [-0.25, -0.2) is 28.5 Å². The molecule has 0 atom stereocenters. The van der Waals surface area contributed by atoms with Crippen molar-refractivity contribution >= 4 is 28.3 Å². The number of benzene rings is 1. The van der Waals surface area contributed by atoms with Gasteiger partial charge in [0.2, 0.25) is 0 Å². The van der Waals surface area contributed by atoms with E-state index in [0.717, 1.165) is 34.9 Å². The highest BCUT2D eigenvalue weighted by atomic mass is 32.1. The Bertz CT molecular complexity index is 1510. The Labute approximate surface area is 236 Å². The topological polar surface area (TPSA) is 85.2 Å². The lowest BCUT2D eigenvalue weighted by atomic mass is 9.99. The molecule has 3 aromatic heterocycles. The highest BCUT2D eigenvalue weighted by Gasteiger charge is 2.31. The molecule has 1 aromatic carbocycles. The average molecular weight is 569 g/mol. The zero-order valence-electron chi connectivity index (χ0n) is 23.2. The number of pyridine rings is 1. The molecular formula is C29H34F2N6O2S. The van der Waals surface area contributed by atoms with E-state index in [0.29, 0.717) is 54.3 Å². The number of imidazole rings is 1. The lowest BCUT2D eigenvalue weighted by Gasteiger charge is -2.30. The molecule has 11 heteroatoms. The number of rotatable bonds is 4. The number of hydrogen-bond donors (Lipinski definition) is 1. The lowest BCUT2D eigenvalue weighted by Crippen LogP contribution is -2.43. The molecule has 6 rings (SSSR count). The van der Waals surface area contributed by atoms with Gasteiger partial charge in [0.1, 0.15) is 5.82 Å². The first-order valence-electron chi connectivity index (χ1n) is 13.7. The SMILES string of the molecule is CC.CNC(=O)N1CCn2c(C3CCOCC3)nc(-c3cccc4nc(-c5cnc(C)s5)c(C(F)F)cc34)c2C1. The smallest absolute Gasteiger partial charge is 0.317 e. The van der Waals surface area contributed by atoms with E-state index in [2.05, 4.69) is 14.9 Å². The second kappa shape index (κ2) is 12.0. The number of nitrogens with zero attached hydrogens (tertiary/aromatic N) is 5. The summed E-state index contributed by atoms with van der Waals surface area (Å²) in [5.74, 6) is 1.22. The summed E-state index contributed by atoms with van der Waals surface area (Å²) in [6.45, 7) is 8.79. The van der Waals surface area contributed by atoms with Crippen LogP contribution in [0.3, 0.4) is 0 Å². The van der Waals surface area contributed by atoms with Crippen molar-refractivity contribution in [2.24, 2.45) is 0 Å². The molecule has 2 aliphatic rings. The number of fused-ring (bicyclic) bond motifs is 2. The quantitative estimate of drug-likeness (QED) is 0.302. The lowest BCUT2D eigenvalue weighted by molar-refractivity contribution is 0.0823. The maximum atomic E-state index is 14.3. The summed E-state index contributed by atoms with van der Waals surface area (Å²) < 4.78 is 36.5. The summed E-state index contributed by atoms with van der Waals surface area (Å²) in [7, 11) is 1.62. The van der Waals surface area contributed by atoms with Gasteiger partial charge in [-0.3, -0.25) is 0 Å².